The van der Waals surface area contributed by atoms with Crippen molar-refractivity contribution < 1.29 is 18.3 Å². The van der Waals surface area contributed by atoms with Crippen molar-refractivity contribution in [3.05, 3.63) is 64.8 Å². The molecule has 24 heavy (non-hydrogen) atoms. The van der Waals surface area contributed by atoms with E-state index in [1.165, 1.54) is 19.2 Å². The first-order chi connectivity index (χ1) is 11.5. The van der Waals surface area contributed by atoms with Crippen molar-refractivity contribution in [2.24, 2.45) is 0 Å². The molecule has 7 heteroatoms. The van der Waals surface area contributed by atoms with Gasteiger partial charge in [-0.1, -0.05) is 11.6 Å². The fourth-order valence-electron chi connectivity index (χ4n) is 2.24. The number of ether oxygens (including phenoxy) is 1. The maximum absolute atomic E-state index is 13.4. The van der Waals surface area contributed by atoms with Crippen LogP contribution in [0.2, 0.25) is 5.02 Å². The van der Waals surface area contributed by atoms with Gasteiger partial charge in [0.05, 0.1) is 18.3 Å². The normalized spacial score (nSPS) is 10.7. The Labute approximate surface area is 141 Å². The highest BCUT2D eigenvalue weighted by Gasteiger charge is 2.13. The number of pyridine rings is 1. The van der Waals surface area contributed by atoms with Gasteiger partial charge >= 0.3 is 5.97 Å². The highest BCUT2D eigenvalue weighted by atomic mass is 35.5. The van der Waals surface area contributed by atoms with E-state index in [9.17, 15) is 13.6 Å². The summed E-state index contributed by atoms with van der Waals surface area (Å²) in [6.45, 7) is 0. The van der Waals surface area contributed by atoms with Crippen LogP contribution in [0.4, 0.5) is 20.2 Å². The van der Waals surface area contributed by atoms with Crippen molar-refractivity contribution in [1.82, 2.24) is 4.98 Å². The van der Waals surface area contributed by atoms with Gasteiger partial charge in [-0.25, -0.2) is 18.6 Å². The van der Waals surface area contributed by atoms with Gasteiger partial charge in [-0.2, -0.15) is 0 Å². The van der Waals surface area contributed by atoms with E-state index in [1.807, 2.05) is 0 Å². The van der Waals surface area contributed by atoms with Crippen LogP contribution in [0, 0.1) is 11.6 Å². The molecular weight excluding hydrogens is 338 g/mol. The van der Waals surface area contributed by atoms with Crippen molar-refractivity contribution in [1.29, 1.82) is 0 Å². The van der Waals surface area contributed by atoms with Gasteiger partial charge in [-0.05, 0) is 36.4 Å². The molecule has 0 aliphatic rings. The molecule has 0 aliphatic heterocycles. The minimum atomic E-state index is -0.982. The zero-order valence-electron chi connectivity index (χ0n) is 12.4. The molecule has 0 radical (unpaired) electrons. The number of carbonyl (C=O) groups is 1. The summed E-state index contributed by atoms with van der Waals surface area (Å²) in [5.74, 6) is -2.54. The number of rotatable bonds is 3. The summed E-state index contributed by atoms with van der Waals surface area (Å²) in [6.07, 6.45) is 0. The Kier molecular flexibility index (Phi) is 4.31. The average molecular weight is 349 g/mol. The number of carbonyl (C=O) groups excluding carboxylic acids is 1. The summed E-state index contributed by atoms with van der Waals surface area (Å²) >= 11 is 6.01. The number of hydrogen-bond donors (Lipinski definition) is 1. The summed E-state index contributed by atoms with van der Waals surface area (Å²) in [5.41, 5.74) is 1.37. The Bertz CT molecular complexity index is 947. The third-order valence-electron chi connectivity index (χ3n) is 3.36. The minimum Gasteiger partial charge on any atom is -0.464 e. The molecule has 4 nitrogen and oxygen atoms in total. The van der Waals surface area contributed by atoms with E-state index in [1.54, 1.807) is 18.2 Å². The molecule has 1 aromatic heterocycles. The molecule has 2 aromatic carbocycles. The van der Waals surface area contributed by atoms with Crippen molar-refractivity contribution >= 4 is 39.8 Å². The monoisotopic (exact) mass is 348 g/mol. The predicted molar refractivity (Wildman–Crippen MR) is 87.7 cm³/mol. The number of nitrogens with zero attached hydrogens (tertiary/aromatic N) is 1. The van der Waals surface area contributed by atoms with Gasteiger partial charge in [-0.3, -0.25) is 0 Å². The number of anilines is 2. The first-order valence-electron chi connectivity index (χ1n) is 6.88. The van der Waals surface area contributed by atoms with Crippen molar-refractivity contribution in [2.45, 2.75) is 0 Å². The van der Waals surface area contributed by atoms with Gasteiger partial charge in [0.15, 0.2) is 17.3 Å². The molecule has 0 bridgehead atoms. The van der Waals surface area contributed by atoms with Crippen LogP contribution in [0.25, 0.3) is 10.9 Å². The lowest BCUT2D eigenvalue weighted by molar-refractivity contribution is 0.0594. The SMILES string of the molecule is COC(=O)c1cc(Nc2ccc(F)c(F)c2)c2cc(Cl)ccc2n1. The standard InChI is InChI=1S/C17H11ClF2N2O2/c1-24-17(23)16-8-15(11-6-9(18)2-5-14(11)22-16)21-10-3-4-12(19)13(20)7-10/h2-8H,1H3,(H,21,22). The van der Waals surface area contributed by atoms with Crippen LogP contribution in [0.1, 0.15) is 10.5 Å². The lowest BCUT2D eigenvalue weighted by Gasteiger charge is -2.12. The number of methoxy groups -OCH3 is 1. The van der Waals surface area contributed by atoms with E-state index in [2.05, 4.69) is 15.0 Å². The maximum Gasteiger partial charge on any atom is 0.356 e. The van der Waals surface area contributed by atoms with Crippen LogP contribution >= 0.6 is 11.6 Å². The summed E-state index contributed by atoms with van der Waals surface area (Å²) in [4.78, 5) is 16.0. The van der Waals surface area contributed by atoms with E-state index in [0.29, 0.717) is 27.3 Å². The van der Waals surface area contributed by atoms with E-state index < -0.39 is 17.6 Å². The zero-order chi connectivity index (χ0) is 17.3. The molecule has 0 amide bonds. The second kappa shape index (κ2) is 6.41. The molecule has 0 saturated heterocycles. The highest BCUT2D eigenvalue weighted by Crippen LogP contribution is 2.29. The predicted octanol–water partition coefficient (Wildman–Crippen LogP) is 4.70. The Morgan fingerprint density at radius 2 is 1.92 bits per heavy atom. The number of aromatic nitrogens is 1. The molecule has 1 heterocycles. The fourth-order valence-corrected chi connectivity index (χ4v) is 2.41. The fraction of sp³-hybridized carbons (Fsp3) is 0.0588. The van der Waals surface area contributed by atoms with Crippen LogP contribution in [-0.2, 0) is 4.74 Å². The lowest BCUT2D eigenvalue weighted by atomic mass is 10.1. The first-order valence-corrected chi connectivity index (χ1v) is 7.26. The zero-order valence-corrected chi connectivity index (χ0v) is 13.2. The number of fused-ring (bicyclic) bond motifs is 1. The van der Waals surface area contributed by atoms with Crippen LogP contribution in [-0.4, -0.2) is 18.1 Å². The largest absolute Gasteiger partial charge is 0.464 e. The van der Waals surface area contributed by atoms with Gasteiger partial charge < -0.3 is 10.1 Å². The third kappa shape index (κ3) is 3.14. The number of esters is 1. The number of halogens is 3. The number of hydrogen-bond acceptors (Lipinski definition) is 4. The van der Waals surface area contributed by atoms with Crippen molar-refractivity contribution in [3.8, 4) is 0 Å². The lowest BCUT2D eigenvalue weighted by Crippen LogP contribution is -2.06. The van der Waals surface area contributed by atoms with Crippen LogP contribution in [0.3, 0.4) is 0 Å². The quantitative estimate of drug-likeness (QED) is 0.697. The first kappa shape index (κ1) is 16.1. The van der Waals surface area contributed by atoms with Crippen molar-refractivity contribution in [2.75, 3.05) is 12.4 Å². The molecule has 0 saturated carbocycles. The highest BCUT2D eigenvalue weighted by molar-refractivity contribution is 6.31. The molecule has 1 N–H and O–H groups in total. The van der Waals surface area contributed by atoms with Crippen molar-refractivity contribution in [3.63, 3.8) is 0 Å². The topological polar surface area (TPSA) is 51.2 Å². The second-order valence-corrected chi connectivity index (χ2v) is 5.40. The van der Waals surface area contributed by atoms with E-state index in [4.69, 9.17) is 11.6 Å². The molecule has 0 aliphatic carbocycles. The van der Waals surface area contributed by atoms with Gasteiger partial charge in [-0.15, -0.1) is 0 Å². The Morgan fingerprint density at radius 3 is 2.62 bits per heavy atom. The number of nitrogens with one attached hydrogen (secondary N) is 1. The Hall–Kier alpha value is -2.73. The molecule has 0 unspecified atom stereocenters. The molecule has 0 atom stereocenters. The maximum atomic E-state index is 13.4. The third-order valence-corrected chi connectivity index (χ3v) is 3.60. The molecule has 122 valence electrons. The van der Waals surface area contributed by atoms with Crippen LogP contribution in [0.5, 0.6) is 0 Å². The molecule has 0 fully saturated rings. The van der Waals surface area contributed by atoms with E-state index in [-0.39, 0.29) is 5.69 Å². The van der Waals surface area contributed by atoms with E-state index in [0.717, 1.165) is 12.1 Å². The molecule has 3 aromatic rings. The molecule has 3 rings (SSSR count). The van der Waals surface area contributed by atoms with Crippen LogP contribution < -0.4 is 5.32 Å². The Morgan fingerprint density at radius 1 is 1.12 bits per heavy atom. The van der Waals surface area contributed by atoms with Gasteiger partial charge in [0, 0.05) is 22.2 Å². The summed E-state index contributed by atoms with van der Waals surface area (Å²) in [5, 5.41) is 4.05. The van der Waals surface area contributed by atoms with Gasteiger partial charge in [0.25, 0.3) is 0 Å². The van der Waals surface area contributed by atoms with Gasteiger partial charge in [0.1, 0.15) is 0 Å². The van der Waals surface area contributed by atoms with Crippen LogP contribution in [0.15, 0.2) is 42.5 Å². The van der Waals surface area contributed by atoms with E-state index >= 15 is 0 Å². The summed E-state index contributed by atoms with van der Waals surface area (Å²) in [6, 6.07) is 9.82. The average Bonchev–Trinajstić information content (AvgIpc) is 2.57. The summed E-state index contributed by atoms with van der Waals surface area (Å²) in [7, 11) is 1.25. The Balaban J connectivity index is 2.14. The summed E-state index contributed by atoms with van der Waals surface area (Å²) < 4.78 is 31.2. The smallest absolute Gasteiger partial charge is 0.356 e. The molecule has 0 spiro atoms. The van der Waals surface area contributed by atoms with Gasteiger partial charge in [0.2, 0.25) is 0 Å². The second-order valence-electron chi connectivity index (χ2n) is 4.96. The number of benzene rings is 2. The minimum absolute atomic E-state index is 0.0809. The molecular formula is C17H11ClF2N2O2.